The minimum Gasteiger partial charge on any atom is -0.409 e. The first-order chi connectivity index (χ1) is 6.54. The summed E-state index contributed by atoms with van der Waals surface area (Å²) in [5.41, 5.74) is 5.54. The lowest BCUT2D eigenvalue weighted by atomic mass is 10.0. The van der Waals surface area contributed by atoms with E-state index in [0.29, 0.717) is 5.84 Å². The van der Waals surface area contributed by atoms with Crippen molar-refractivity contribution in [2.24, 2.45) is 28.6 Å². The molecule has 0 aliphatic carbocycles. The van der Waals surface area contributed by atoms with E-state index in [0.717, 1.165) is 31.5 Å². The Morgan fingerprint density at radius 1 is 1.50 bits per heavy atom. The summed E-state index contributed by atoms with van der Waals surface area (Å²) < 4.78 is 0. The van der Waals surface area contributed by atoms with Gasteiger partial charge in [0.1, 0.15) is 5.84 Å². The fourth-order valence-electron chi connectivity index (χ4n) is 1.98. The monoisotopic (exact) mass is 199 g/mol. The van der Waals surface area contributed by atoms with E-state index in [1.54, 1.807) is 0 Å². The van der Waals surface area contributed by atoms with Gasteiger partial charge in [-0.05, 0) is 11.8 Å². The van der Waals surface area contributed by atoms with Gasteiger partial charge in [-0.15, -0.1) is 0 Å². The maximum absolute atomic E-state index is 8.53. The molecular formula is C10H21N3O. The molecule has 0 aromatic heterocycles. The van der Waals surface area contributed by atoms with E-state index in [9.17, 15) is 0 Å². The smallest absolute Gasteiger partial charge is 0.143 e. The van der Waals surface area contributed by atoms with Gasteiger partial charge >= 0.3 is 0 Å². The number of amidine groups is 1. The van der Waals surface area contributed by atoms with Crippen LogP contribution in [0.2, 0.25) is 0 Å². The second-order valence-corrected chi connectivity index (χ2v) is 4.60. The Bertz CT molecular complexity index is 207. The zero-order valence-corrected chi connectivity index (χ0v) is 9.27. The molecule has 0 aromatic rings. The Morgan fingerprint density at radius 3 is 2.43 bits per heavy atom. The van der Waals surface area contributed by atoms with E-state index in [-0.39, 0.29) is 5.92 Å². The van der Waals surface area contributed by atoms with Crippen molar-refractivity contribution < 1.29 is 5.21 Å². The summed E-state index contributed by atoms with van der Waals surface area (Å²) in [7, 11) is 0. The number of hydrogen-bond donors (Lipinski definition) is 2. The van der Waals surface area contributed by atoms with E-state index in [1.165, 1.54) is 0 Å². The first kappa shape index (κ1) is 11.3. The topological polar surface area (TPSA) is 61.8 Å². The number of nitrogens with zero attached hydrogens (tertiary/aromatic N) is 2. The Labute approximate surface area is 85.8 Å². The van der Waals surface area contributed by atoms with Crippen LogP contribution in [0, 0.1) is 17.8 Å². The third-order valence-corrected chi connectivity index (χ3v) is 3.22. The molecule has 1 rings (SSSR count). The van der Waals surface area contributed by atoms with Crippen molar-refractivity contribution in [1.82, 2.24) is 4.90 Å². The molecule has 0 aromatic carbocycles. The average molecular weight is 199 g/mol. The summed E-state index contributed by atoms with van der Waals surface area (Å²) in [6.45, 7) is 9.69. The van der Waals surface area contributed by atoms with Crippen LogP contribution in [0.4, 0.5) is 0 Å². The molecular weight excluding hydrogens is 178 g/mol. The fourth-order valence-corrected chi connectivity index (χ4v) is 1.98. The molecule has 4 heteroatoms. The molecule has 1 aliphatic rings. The van der Waals surface area contributed by atoms with Gasteiger partial charge < -0.3 is 15.8 Å². The van der Waals surface area contributed by atoms with E-state index >= 15 is 0 Å². The molecule has 0 radical (unpaired) electrons. The van der Waals surface area contributed by atoms with Gasteiger partial charge in [-0.25, -0.2) is 0 Å². The zero-order chi connectivity index (χ0) is 10.7. The highest BCUT2D eigenvalue weighted by Gasteiger charge is 2.27. The molecule has 3 N–H and O–H groups in total. The van der Waals surface area contributed by atoms with Crippen molar-refractivity contribution in [2.75, 3.05) is 19.6 Å². The van der Waals surface area contributed by atoms with Crippen molar-refractivity contribution >= 4 is 5.84 Å². The minimum atomic E-state index is 0.137. The Hall–Kier alpha value is -0.770. The van der Waals surface area contributed by atoms with E-state index < -0.39 is 0 Å². The van der Waals surface area contributed by atoms with Crippen LogP contribution in [0.1, 0.15) is 20.8 Å². The summed E-state index contributed by atoms with van der Waals surface area (Å²) in [6.07, 6.45) is 0. The first-order valence-electron chi connectivity index (χ1n) is 5.24. The molecule has 3 unspecified atom stereocenters. The van der Waals surface area contributed by atoms with Crippen molar-refractivity contribution in [3.05, 3.63) is 0 Å². The molecule has 0 bridgehead atoms. The van der Waals surface area contributed by atoms with Crippen LogP contribution in [0.25, 0.3) is 0 Å². The lowest BCUT2D eigenvalue weighted by Crippen LogP contribution is -2.33. The SMILES string of the molecule is CC(CN1CC(C)C(C)C1)/C(N)=N/O. The van der Waals surface area contributed by atoms with Gasteiger partial charge in [-0.1, -0.05) is 25.9 Å². The molecule has 0 saturated carbocycles. The second kappa shape index (κ2) is 4.64. The number of rotatable bonds is 3. The van der Waals surface area contributed by atoms with Crippen LogP contribution in [-0.2, 0) is 0 Å². The molecule has 1 saturated heterocycles. The largest absolute Gasteiger partial charge is 0.409 e. The first-order valence-corrected chi connectivity index (χ1v) is 5.24. The Morgan fingerprint density at radius 2 is 2.00 bits per heavy atom. The normalized spacial score (nSPS) is 32.1. The highest BCUT2D eigenvalue weighted by atomic mass is 16.4. The molecule has 82 valence electrons. The number of nitrogens with two attached hydrogens (primary N) is 1. The highest BCUT2D eigenvalue weighted by Crippen LogP contribution is 2.22. The fraction of sp³-hybridized carbons (Fsp3) is 0.900. The van der Waals surface area contributed by atoms with Crippen LogP contribution in [-0.4, -0.2) is 35.6 Å². The minimum absolute atomic E-state index is 0.137. The molecule has 1 aliphatic heterocycles. The van der Waals surface area contributed by atoms with E-state index in [2.05, 4.69) is 23.9 Å². The van der Waals surface area contributed by atoms with Gasteiger partial charge in [-0.3, -0.25) is 0 Å². The molecule has 0 amide bonds. The molecule has 4 nitrogen and oxygen atoms in total. The van der Waals surface area contributed by atoms with E-state index in [4.69, 9.17) is 10.9 Å². The summed E-state index contributed by atoms with van der Waals surface area (Å²) in [5, 5.41) is 11.6. The molecule has 1 fully saturated rings. The maximum Gasteiger partial charge on any atom is 0.143 e. The highest BCUT2D eigenvalue weighted by molar-refractivity contribution is 5.82. The third-order valence-electron chi connectivity index (χ3n) is 3.22. The molecule has 3 atom stereocenters. The lowest BCUT2D eigenvalue weighted by molar-refractivity contribution is 0.289. The zero-order valence-electron chi connectivity index (χ0n) is 9.27. The number of hydrogen-bond acceptors (Lipinski definition) is 3. The second-order valence-electron chi connectivity index (χ2n) is 4.60. The Kier molecular flexibility index (Phi) is 3.75. The van der Waals surface area contributed by atoms with Crippen LogP contribution in [0.5, 0.6) is 0 Å². The summed E-state index contributed by atoms with van der Waals surface area (Å²) in [6, 6.07) is 0. The number of likely N-dealkylation sites (tertiary alicyclic amines) is 1. The third kappa shape index (κ3) is 2.61. The predicted octanol–water partition coefficient (Wildman–Crippen LogP) is 0.957. The van der Waals surface area contributed by atoms with Gasteiger partial charge in [0.25, 0.3) is 0 Å². The maximum atomic E-state index is 8.53. The van der Waals surface area contributed by atoms with Crippen LogP contribution in [0.15, 0.2) is 5.16 Å². The van der Waals surface area contributed by atoms with E-state index in [1.807, 2.05) is 6.92 Å². The summed E-state index contributed by atoms with van der Waals surface area (Å²) in [4.78, 5) is 2.39. The molecule has 0 spiro atoms. The summed E-state index contributed by atoms with van der Waals surface area (Å²) in [5.74, 6) is 1.98. The van der Waals surface area contributed by atoms with Crippen molar-refractivity contribution in [1.29, 1.82) is 0 Å². The van der Waals surface area contributed by atoms with Crippen LogP contribution < -0.4 is 5.73 Å². The van der Waals surface area contributed by atoms with Crippen molar-refractivity contribution in [2.45, 2.75) is 20.8 Å². The van der Waals surface area contributed by atoms with Crippen LogP contribution >= 0.6 is 0 Å². The van der Waals surface area contributed by atoms with Crippen LogP contribution in [0.3, 0.4) is 0 Å². The van der Waals surface area contributed by atoms with Gasteiger partial charge in [0.15, 0.2) is 0 Å². The standard InChI is InChI=1S/C10H21N3O/c1-7-4-13(5-8(7)2)6-9(3)10(11)12-14/h7-9,14H,4-6H2,1-3H3,(H2,11,12). The van der Waals surface area contributed by atoms with Crippen molar-refractivity contribution in [3.63, 3.8) is 0 Å². The van der Waals surface area contributed by atoms with Gasteiger partial charge in [0, 0.05) is 25.6 Å². The number of oxime groups is 1. The van der Waals surface area contributed by atoms with Crippen molar-refractivity contribution in [3.8, 4) is 0 Å². The predicted molar refractivity (Wildman–Crippen MR) is 57.3 cm³/mol. The Balaban J connectivity index is 2.39. The van der Waals surface area contributed by atoms with Gasteiger partial charge in [0.2, 0.25) is 0 Å². The quantitative estimate of drug-likeness (QED) is 0.308. The average Bonchev–Trinajstić information content (AvgIpc) is 2.44. The van der Waals surface area contributed by atoms with Gasteiger partial charge in [0.05, 0.1) is 0 Å². The molecule has 14 heavy (non-hydrogen) atoms. The van der Waals surface area contributed by atoms with Gasteiger partial charge in [-0.2, -0.15) is 0 Å². The lowest BCUT2D eigenvalue weighted by Gasteiger charge is -2.19. The molecule has 1 heterocycles. The summed E-state index contributed by atoms with van der Waals surface area (Å²) >= 11 is 0.